The van der Waals surface area contributed by atoms with Gasteiger partial charge < -0.3 is 26.5 Å². The summed E-state index contributed by atoms with van der Waals surface area (Å²) in [7, 11) is -1.79. The van der Waals surface area contributed by atoms with Gasteiger partial charge in [-0.25, -0.2) is 0 Å². The molecule has 0 aromatic heterocycles. The third kappa shape index (κ3) is 4.02. The first-order valence-corrected chi connectivity index (χ1v) is 11.3. The second-order valence-electron chi connectivity index (χ2n) is 6.66. The Kier molecular flexibility index (Phi) is 6.83. The van der Waals surface area contributed by atoms with Gasteiger partial charge >= 0.3 is 0 Å². The van der Waals surface area contributed by atoms with Crippen LogP contribution in [0.1, 0.15) is 18.3 Å². The molecule has 140 valence electrons. The lowest BCUT2D eigenvalue weighted by molar-refractivity contribution is -0.182. The molecule has 0 amide bonds. The summed E-state index contributed by atoms with van der Waals surface area (Å²) in [6.45, 7) is 3.91. The largest absolute Gasteiger partial charge is 1.00 e. The van der Waals surface area contributed by atoms with Crippen molar-refractivity contribution in [2.24, 2.45) is 0 Å². The highest BCUT2D eigenvalue weighted by molar-refractivity contribution is 7.95. The smallest absolute Gasteiger partial charge is 0.187 e. The molecule has 0 aliphatic carbocycles. The summed E-state index contributed by atoms with van der Waals surface area (Å²) in [5.41, 5.74) is 1.16. The van der Waals surface area contributed by atoms with Crippen LogP contribution < -0.4 is 32.9 Å². The van der Waals surface area contributed by atoms with E-state index in [-0.39, 0.29) is 23.3 Å². The van der Waals surface area contributed by atoms with Crippen molar-refractivity contribution in [2.45, 2.75) is 12.7 Å². The normalized spacial score (nSPS) is 15.1. The Labute approximate surface area is 172 Å². The average Bonchev–Trinajstić information content (AvgIpc) is 2.75. The zero-order valence-electron chi connectivity index (χ0n) is 15.4. The Morgan fingerprint density at radius 3 is 1.74 bits per heavy atom. The highest BCUT2D eigenvalue weighted by Gasteiger charge is 2.43. The summed E-state index contributed by atoms with van der Waals surface area (Å²) in [5, 5.41) is 4.08. The van der Waals surface area contributed by atoms with Crippen LogP contribution in [-0.4, -0.2) is 19.9 Å². The van der Waals surface area contributed by atoms with Crippen LogP contribution >= 0.6 is 7.26 Å². The van der Waals surface area contributed by atoms with Crippen LogP contribution in [0.2, 0.25) is 0 Å². The second-order valence-corrected chi connectivity index (χ2v) is 10.2. The standard InChI is InChI=1S/C23H24O2P.BrH/c1-26(19-11-4-2-5-12-19,20-13-6-3-7-14-20)22-16-9-8-15-21(22)23-24-17-10-18-25-23;/h2-9,11-16,23H,10,17-18H2,1H3;1H/q+1;/p-1. The minimum Gasteiger partial charge on any atom is -1.00 e. The van der Waals surface area contributed by atoms with Crippen molar-refractivity contribution in [3.63, 3.8) is 0 Å². The van der Waals surface area contributed by atoms with E-state index in [4.69, 9.17) is 9.47 Å². The fourth-order valence-corrected chi connectivity index (χ4v) is 7.11. The SMILES string of the molecule is C[P+](c1ccccc1)(c1ccccc1)c1ccccc1C1OCCCO1.[Br-]. The number of ether oxygens (including phenoxy) is 2. The third-order valence-electron chi connectivity index (χ3n) is 5.04. The van der Waals surface area contributed by atoms with Gasteiger partial charge in [-0.1, -0.05) is 48.5 Å². The Morgan fingerprint density at radius 1 is 0.704 bits per heavy atom. The van der Waals surface area contributed by atoms with Gasteiger partial charge in [-0.15, -0.1) is 0 Å². The first kappa shape index (κ1) is 20.2. The van der Waals surface area contributed by atoms with Gasteiger partial charge in [0.25, 0.3) is 0 Å². The maximum atomic E-state index is 5.97. The van der Waals surface area contributed by atoms with Crippen LogP contribution in [-0.2, 0) is 9.47 Å². The minimum absolute atomic E-state index is 0. The Morgan fingerprint density at radius 2 is 1.19 bits per heavy atom. The van der Waals surface area contributed by atoms with Crippen LogP contribution in [0.3, 0.4) is 0 Å². The molecule has 1 aliphatic rings. The highest BCUT2D eigenvalue weighted by Crippen LogP contribution is 2.53. The Hall–Kier alpha value is -1.51. The van der Waals surface area contributed by atoms with Crippen molar-refractivity contribution in [2.75, 3.05) is 19.9 Å². The second kappa shape index (κ2) is 9.12. The summed E-state index contributed by atoms with van der Waals surface area (Å²) in [6.07, 6.45) is 0.689. The first-order valence-electron chi connectivity index (χ1n) is 9.10. The van der Waals surface area contributed by atoms with Gasteiger partial charge in [0, 0.05) is 0 Å². The molecule has 2 nitrogen and oxygen atoms in total. The molecule has 4 rings (SSSR count). The van der Waals surface area contributed by atoms with Crippen molar-refractivity contribution in [3.8, 4) is 0 Å². The molecule has 4 heteroatoms. The maximum absolute atomic E-state index is 5.97. The monoisotopic (exact) mass is 442 g/mol. The average molecular weight is 443 g/mol. The molecule has 1 saturated heterocycles. The zero-order valence-corrected chi connectivity index (χ0v) is 17.9. The quantitative estimate of drug-likeness (QED) is 0.562. The third-order valence-corrected chi connectivity index (χ3v) is 9.08. The molecule has 0 atom stereocenters. The number of rotatable bonds is 4. The maximum Gasteiger partial charge on any atom is 0.187 e. The predicted octanol–water partition coefficient (Wildman–Crippen LogP) is 1.05. The van der Waals surface area contributed by atoms with Crippen LogP contribution in [0.4, 0.5) is 0 Å². The van der Waals surface area contributed by atoms with Gasteiger partial charge in [0.05, 0.1) is 25.4 Å². The van der Waals surface area contributed by atoms with Crippen LogP contribution in [0, 0.1) is 0 Å². The van der Waals surface area contributed by atoms with Crippen molar-refractivity contribution < 1.29 is 26.5 Å². The molecular weight excluding hydrogens is 419 g/mol. The van der Waals surface area contributed by atoms with E-state index >= 15 is 0 Å². The summed E-state index contributed by atoms with van der Waals surface area (Å²) in [4.78, 5) is 0. The molecule has 0 radical (unpaired) electrons. The Balaban J connectivity index is 0.00000210. The molecule has 1 aliphatic heterocycles. The van der Waals surface area contributed by atoms with E-state index in [2.05, 4.69) is 91.6 Å². The lowest BCUT2D eigenvalue weighted by atomic mass is 10.2. The fraction of sp³-hybridized carbons (Fsp3) is 0.217. The molecule has 27 heavy (non-hydrogen) atoms. The molecule has 1 fully saturated rings. The van der Waals surface area contributed by atoms with Crippen molar-refractivity contribution in [1.82, 2.24) is 0 Å². The van der Waals surface area contributed by atoms with E-state index < -0.39 is 7.26 Å². The van der Waals surface area contributed by atoms with Gasteiger partial charge in [-0.2, -0.15) is 0 Å². The number of hydrogen-bond acceptors (Lipinski definition) is 2. The fourth-order valence-electron chi connectivity index (χ4n) is 3.64. The Bertz CT molecular complexity index is 809. The molecule has 0 bridgehead atoms. The topological polar surface area (TPSA) is 18.5 Å². The molecule has 1 heterocycles. The molecular formula is C23H24BrO2P. The van der Waals surface area contributed by atoms with E-state index in [0.717, 1.165) is 25.2 Å². The summed E-state index contributed by atoms with van der Waals surface area (Å²) < 4.78 is 11.9. The van der Waals surface area contributed by atoms with Crippen LogP contribution in [0.5, 0.6) is 0 Å². The van der Waals surface area contributed by atoms with Crippen LogP contribution in [0.25, 0.3) is 0 Å². The molecule has 3 aromatic rings. The molecule has 0 saturated carbocycles. The lowest BCUT2D eigenvalue weighted by Crippen LogP contribution is -3.00. The number of halogens is 1. The molecule has 0 N–H and O–H groups in total. The predicted molar refractivity (Wildman–Crippen MR) is 110 cm³/mol. The van der Waals surface area contributed by atoms with Crippen molar-refractivity contribution in [1.29, 1.82) is 0 Å². The van der Waals surface area contributed by atoms with E-state index in [9.17, 15) is 0 Å². The van der Waals surface area contributed by atoms with Gasteiger partial charge in [-0.3, -0.25) is 0 Å². The summed E-state index contributed by atoms with van der Waals surface area (Å²) >= 11 is 0. The van der Waals surface area contributed by atoms with E-state index in [1.807, 2.05) is 0 Å². The van der Waals surface area contributed by atoms with E-state index in [1.165, 1.54) is 15.9 Å². The van der Waals surface area contributed by atoms with Gasteiger partial charge in [0.15, 0.2) is 6.29 Å². The van der Waals surface area contributed by atoms with Crippen molar-refractivity contribution >= 4 is 23.2 Å². The molecule has 3 aromatic carbocycles. The highest BCUT2D eigenvalue weighted by atomic mass is 79.9. The van der Waals surface area contributed by atoms with Crippen LogP contribution in [0.15, 0.2) is 84.9 Å². The van der Waals surface area contributed by atoms with Crippen molar-refractivity contribution in [3.05, 3.63) is 90.5 Å². The van der Waals surface area contributed by atoms with Gasteiger partial charge in [0.1, 0.15) is 23.2 Å². The lowest BCUT2D eigenvalue weighted by Gasteiger charge is -2.29. The summed E-state index contributed by atoms with van der Waals surface area (Å²) in [6, 6.07) is 30.3. The summed E-state index contributed by atoms with van der Waals surface area (Å²) in [5.74, 6) is 0. The van der Waals surface area contributed by atoms with Gasteiger partial charge in [0.2, 0.25) is 0 Å². The molecule has 0 spiro atoms. The molecule has 0 unspecified atom stereocenters. The number of benzene rings is 3. The van der Waals surface area contributed by atoms with Gasteiger partial charge in [-0.05, 0) is 42.8 Å². The number of hydrogen-bond donors (Lipinski definition) is 0. The van der Waals surface area contributed by atoms with E-state index in [1.54, 1.807) is 0 Å². The van der Waals surface area contributed by atoms with E-state index in [0.29, 0.717) is 0 Å². The zero-order chi connectivity index (χ0) is 17.8. The minimum atomic E-state index is -1.79. The first-order chi connectivity index (χ1) is 12.8.